The van der Waals surface area contributed by atoms with E-state index in [-0.39, 0.29) is 33.8 Å². The maximum absolute atomic E-state index is 14.0. The summed E-state index contributed by atoms with van der Waals surface area (Å²) in [5, 5.41) is 3.61. The molecule has 0 spiro atoms. The van der Waals surface area contributed by atoms with Crippen LogP contribution < -0.4 is 14.4 Å². The SMILES string of the molecule is COc1ccc(Cl)cc1N(CC(=O)N(Cc1cccc(Cl)c1)C(C)C(=O)NC(C)(C)C)S(=O)(=O)c1ccccc1. The smallest absolute Gasteiger partial charge is 0.264 e. The molecule has 0 saturated carbocycles. The van der Waals surface area contributed by atoms with Crippen LogP contribution in [0, 0.1) is 0 Å². The van der Waals surface area contributed by atoms with Crippen molar-refractivity contribution in [3.8, 4) is 5.75 Å². The molecule has 0 aromatic heterocycles. The van der Waals surface area contributed by atoms with Crippen molar-refractivity contribution in [3.63, 3.8) is 0 Å². The lowest BCUT2D eigenvalue weighted by molar-refractivity contribution is -0.140. The van der Waals surface area contributed by atoms with Crippen LogP contribution in [0.2, 0.25) is 10.0 Å². The molecular weight excluding hydrogens is 573 g/mol. The Hall–Kier alpha value is -3.27. The van der Waals surface area contributed by atoms with E-state index in [1.54, 1.807) is 55.5 Å². The van der Waals surface area contributed by atoms with Gasteiger partial charge in [-0.2, -0.15) is 0 Å². The predicted molar refractivity (Wildman–Crippen MR) is 158 cm³/mol. The number of ether oxygens (including phenoxy) is 1. The lowest BCUT2D eigenvalue weighted by atomic mass is 10.1. The molecule has 0 saturated heterocycles. The minimum Gasteiger partial charge on any atom is -0.495 e. The second kappa shape index (κ2) is 12.9. The first kappa shape index (κ1) is 31.3. The lowest BCUT2D eigenvalue weighted by Crippen LogP contribution is -2.54. The Bertz CT molecular complexity index is 1460. The van der Waals surface area contributed by atoms with E-state index in [1.807, 2.05) is 20.8 Å². The fourth-order valence-corrected chi connectivity index (χ4v) is 5.80. The van der Waals surface area contributed by atoms with E-state index in [9.17, 15) is 18.0 Å². The number of amides is 2. The van der Waals surface area contributed by atoms with Crippen LogP contribution in [0.25, 0.3) is 0 Å². The summed E-state index contributed by atoms with van der Waals surface area (Å²) >= 11 is 12.4. The van der Waals surface area contributed by atoms with E-state index in [4.69, 9.17) is 27.9 Å². The Labute approximate surface area is 245 Å². The Morgan fingerprint density at radius 3 is 2.20 bits per heavy atom. The third-order valence-electron chi connectivity index (χ3n) is 5.93. The van der Waals surface area contributed by atoms with Gasteiger partial charge in [-0.25, -0.2) is 8.42 Å². The summed E-state index contributed by atoms with van der Waals surface area (Å²) in [4.78, 5) is 28.5. The van der Waals surface area contributed by atoms with E-state index in [0.717, 1.165) is 4.31 Å². The van der Waals surface area contributed by atoms with Crippen molar-refractivity contribution in [1.29, 1.82) is 0 Å². The van der Waals surface area contributed by atoms with Crippen molar-refractivity contribution in [2.75, 3.05) is 18.0 Å². The summed E-state index contributed by atoms with van der Waals surface area (Å²) in [5.74, 6) is -0.796. The van der Waals surface area contributed by atoms with Gasteiger partial charge in [0.25, 0.3) is 10.0 Å². The number of carbonyl (C=O) groups is 2. The molecule has 11 heteroatoms. The molecule has 1 atom stereocenters. The number of rotatable bonds is 10. The van der Waals surface area contributed by atoms with Gasteiger partial charge in [0.1, 0.15) is 18.3 Å². The van der Waals surface area contributed by atoms with Crippen molar-refractivity contribution in [3.05, 3.63) is 88.4 Å². The van der Waals surface area contributed by atoms with Gasteiger partial charge in [0.05, 0.1) is 17.7 Å². The van der Waals surface area contributed by atoms with Crippen LogP contribution >= 0.6 is 23.2 Å². The van der Waals surface area contributed by atoms with E-state index < -0.39 is 34.1 Å². The summed E-state index contributed by atoms with van der Waals surface area (Å²) in [7, 11) is -2.87. The van der Waals surface area contributed by atoms with Crippen molar-refractivity contribution in [2.45, 2.75) is 50.7 Å². The monoisotopic (exact) mass is 605 g/mol. The molecule has 0 fully saturated rings. The van der Waals surface area contributed by atoms with Crippen LogP contribution in [0.4, 0.5) is 5.69 Å². The number of benzene rings is 3. The Morgan fingerprint density at radius 1 is 0.950 bits per heavy atom. The highest BCUT2D eigenvalue weighted by atomic mass is 35.5. The average Bonchev–Trinajstić information content (AvgIpc) is 2.89. The van der Waals surface area contributed by atoms with Gasteiger partial charge in [0.15, 0.2) is 0 Å². The number of nitrogens with one attached hydrogen (secondary N) is 1. The second-order valence-corrected chi connectivity index (χ2v) is 12.9. The topological polar surface area (TPSA) is 96.0 Å². The molecule has 0 bridgehead atoms. The van der Waals surface area contributed by atoms with Crippen molar-refractivity contribution in [2.24, 2.45) is 0 Å². The van der Waals surface area contributed by atoms with Crippen molar-refractivity contribution in [1.82, 2.24) is 10.2 Å². The van der Waals surface area contributed by atoms with Gasteiger partial charge >= 0.3 is 0 Å². The molecule has 3 rings (SSSR count). The van der Waals surface area contributed by atoms with Crippen LogP contribution in [0.1, 0.15) is 33.3 Å². The Morgan fingerprint density at radius 2 is 1.60 bits per heavy atom. The number of hydrogen-bond donors (Lipinski definition) is 1. The van der Waals surface area contributed by atoms with Crippen molar-refractivity contribution >= 4 is 50.7 Å². The van der Waals surface area contributed by atoms with Gasteiger partial charge in [-0.1, -0.05) is 53.5 Å². The zero-order valence-corrected chi connectivity index (χ0v) is 25.3. The van der Waals surface area contributed by atoms with Gasteiger partial charge in [-0.05, 0) is 75.7 Å². The first-order valence-electron chi connectivity index (χ1n) is 12.5. The molecule has 3 aromatic rings. The highest BCUT2D eigenvalue weighted by Crippen LogP contribution is 2.35. The molecule has 8 nitrogen and oxygen atoms in total. The molecule has 1 unspecified atom stereocenters. The van der Waals surface area contributed by atoms with Crippen LogP contribution in [-0.4, -0.2) is 50.4 Å². The third kappa shape index (κ3) is 7.90. The lowest BCUT2D eigenvalue weighted by Gasteiger charge is -2.33. The van der Waals surface area contributed by atoms with Crippen LogP contribution in [0.5, 0.6) is 5.75 Å². The minimum atomic E-state index is -4.26. The zero-order valence-electron chi connectivity index (χ0n) is 23.0. The molecule has 40 heavy (non-hydrogen) atoms. The molecule has 0 aliphatic rings. The van der Waals surface area contributed by atoms with E-state index in [2.05, 4.69) is 5.32 Å². The fraction of sp³-hybridized carbons (Fsp3) is 0.310. The molecule has 0 aliphatic heterocycles. The third-order valence-corrected chi connectivity index (χ3v) is 8.17. The molecule has 3 aromatic carbocycles. The summed E-state index contributed by atoms with van der Waals surface area (Å²) in [6, 6.07) is 18.2. The number of halogens is 2. The Balaban J connectivity index is 2.10. The summed E-state index contributed by atoms with van der Waals surface area (Å²) in [6.45, 7) is 6.49. The number of nitrogens with zero attached hydrogens (tertiary/aromatic N) is 2. The van der Waals surface area contributed by atoms with Crippen LogP contribution in [0.3, 0.4) is 0 Å². The van der Waals surface area contributed by atoms with Gasteiger partial charge in [0.2, 0.25) is 11.8 Å². The second-order valence-electron chi connectivity index (χ2n) is 10.2. The standard InChI is InChI=1S/C29H33Cl2N3O5S/c1-20(28(36)32-29(2,3)4)33(18-21-10-9-11-22(30)16-21)27(35)19-34(25-17-23(31)14-15-26(25)39-5)40(37,38)24-12-7-6-8-13-24/h6-17,20H,18-19H2,1-5H3,(H,32,36). The van der Waals surface area contributed by atoms with Crippen LogP contribution in [0.15, 0.2) is 77.7 Å². The van der Waals surface area contributed by atoms with Gasteiger partial charge in [-0.15, -0.1) is 0 Å². The molecule has 1 N–H and O–H groups in total. The molecular formula is C29H33Cl2N3O5S. The molecule has 0 radical (unpaired) electrons. The van der Waals surface area contributed by atoms with Gasteiger partial charge < -0.3 is 15.0 Å². The largest absolute Gasteiger partial charge is 0.495 e. The van der Waals surface area contributed by atoms with Gasteiger partial charge in [0, 0.05) is 22.1 Å². The van der Waals surface area contributed by atoms with Crippen LogP contribution in [-0.2, 0) is 26.2 Å². The molecule has 2 amide bonds. The highest BCUT2D eigenvalue weighted by Gasteiger charge is 2.34. The number of hydrogen-bond acceptors (Lipinski definition) is 5. The maximum atomic E-state index is 14.0. The normalized spacial score (nSPS) is 12.4. The quantitative estimate of drug-likeness (QED) is 0.328. The minimum absolute atomic E-state index is 0.0179. The van der Waals surface area contributed by atoms with Crippen molar-refractivity contribution < 1.29 is 22.7 Å². The maximum Gasteiger partial charge on any atom is 0.264 e. The predicted octanol–water partition coefficient (Wildman–Crippen LogP) is 5.53. The Kier molecular flexibility index (Phi) is 10.1. The first-order valence-corrected chi connectivity index (χ1v) is 14.7. The first-order chi connectivity index (χ1) is 18.7. The highest BCUT2D eigenvalue weighted by molar-refractivity contribution is 7.92. The number of anilines is 1. The fourth-order valence-electron chi connectivity index (χ4n) is 3.98. The molecule has 0 aliphatic carbocycles. The molecule has 214 valence electrons. The number of carbonyl (C=O) groups excluding carboxylic acids is 2. The number of methoxy groups -OCH3 is 1. The summed E-state index contributed by atoms with van der Waals surface area (Å²) in [6.07, 6.45) is 0. The number of sulfonamides is 1. The van der Waals surface area contributed by atoms with E-state index >= 15 is 0 Å². The summed E-state index contributed by atoms with van der Waals surface area (Å²) < 4.78 is 34.2. The average molecular weight is 607 g/mol. The molecule has 0 heterocycles. The zero-order chi connectivity index (χ0) is 29.7. The van der Waals surface area contributed by atoms with E-state index in [1.165, 1.54) is 36.3 Å². The summed E-state index contributed by atoms with van der Waals surface area (Å²) in [5.41, 5.74) is 0.211. The van der Waals surface area contributed by atoms with Gasteiger partial charge in [-0.3, -0.25) is 13.9 Å². The van der Waals surface area contributed by atoms with E-state index in [0.29, 0.717) is 10.6 Å².